The van der Waals surface area contributed by atoms with Crippen molar-refractivity contribution in [3.05, 3.63) is 42.0 Å². The zero-order valence-corrected chi connectivity index (χ0v) is 9.81. The Morgan fingerprint density at radius 3 is 2.71 bits per heavy atom. The first-order chi connectivity index (χ1) is 8.33. The second-order valence-electron chi connectivity index (χ2n) is 3.71. The standard InChI is InChI=1S/C12H11N3OS/c16-12-14-11(7-17-12)9-1-3-10(4-2-9)15-6-5-13-8-15/h1-7,13H,8H2,(H,14,16). The summed E-state index contributed by atoms with van der Waals surface area (Å²) in [6.45, 7) is 0.802. The van der Waals surface area contributed by atoms with E-state index in [-0.39, 0.29) is 5.19 Å². The lowest BCUT2D eigenvalue weighted by Crippen LogP contribution is -2.19. The summed E-state index contributed by atoms with van der Waals surface area (Å²) in [4.78, 5) is 6.16. The Morgan fingerprint density at radius 1 is 1.29 bits per heavy atom. The number of hydrogen-bond acceptors (Lipinski definition) is 5. The van der Waals surface area contributed by atoms with Crippen LogP contribution in [0.1, 0.15) is 0 Å². The van der Waals surface area contributed by atoms with Gasteiger partial charge in [-0.05, 0) is 12.1 Å². The van der Waals surface area contributed by atoms with Crippen LogP contribution in [0.2, 0.25) is 0 Å². The SMILES string of the molecule is Oc1nc(-c2ccc(N3C=CNC3)cc2)cs1. The van der Waals surface area contributed by atoms with Crippen LogP contribution >= 0.6 is 11.3 Å². The third-order valence-electron chi connectivity index (χ3n) is 2.62. The molecular formula is C12H11N3OS. The lowest BCUT2D eigenvalue weighted by Gasteiger charge is -2.14. The normalized spacial score (nSPS) is 14.0. The van der Waals surface area contributed by atoms with Gasteiger partial charge in [-0.2, -0.15) is 0 Å². The number of hydrogen-bond donors (Lipinski definition) is 2. The van der Waals surface area contributed by atoms with Crippen molar-refractivity contribution in [3.63, 3.8) is 0 Å². The van der Waals surface area contributed by atoms with Crippen LogP contribution in [0.4, 0.5) is 5.69 Å². The average Bonchev–Trinajstić information content (AvgIpc) is 3.00. The topological polar surface area (TPSA) is 48.4 Å². The van der Waals surface area contributed by atoms with Crippen molar-refractivity contribution < 1.29 is 5.11 Å². The van der Waals surface area contributed by atoms with E-state index in [2.05, 4.69) is 15.2 Å². The van der Waals surface area contributed by atoms with E-state index in [1.165, 1.54) is 11.3 Å². The quantitative estimate of drug-likeness (QED) is 0.852. The number of nitrogens with one attached hydrogen (secondary N) is 1. The van der Waals surface area contributed by atoms with Crippen molar-refractivity contribution in [2.45, 2.75) is 0 Å². The number of rotatable bonds is 2. The summed E-state index contributed by atoms with van der Waals surface area (Å²) >= 11 is 1.24. The van der Waals surface area contributed by atoms with E-state index in [1.54, 1.807) is 0 Å². The smallest absolute Gasteiger partial charge is 0.271 e. The highest BCUT2D eigenvalue weighted by molar-refractivity contribution is 7.11. The van der Waals surface area contributed by atoms with Crippen molar-refractivity contribution in [3.8, 4) is 16.5 Å². The number of benzene rings is 1. The molecule has 0 radical (unpaired) electrons. The molecule has 2 aromatic rings. The lowest BCUT2D eigenvalue weighted by molar-refractivity contribution is 0.471. The minimum absolute atomic E-state index is 0.107. The molecule has 0 aliphatic carbocycles. The van der Waals surface area contributed by atoms with Gasteiger partial charge in [-0.15, -0.1) is 0 Å². The van der Waals surface area contributed by atoms with Crippen LogP contribution in [0.5, 0.6) is 5.19 Å². The van der Waals surface area contributed by atoms with Crippen LogP contribution in [0.15, 0.2) is 42.0 Å². The molecule has 0 atom stereocenters. The van der Waals surface area contributed by atoms with Crippen LogP contribution in [-0.2, 0) is 0 Å². The zero-order chi connectivity index (χ0) is 11.7. The molecule has 0 amide bonds. The first kappa shape index (κ1) is 10.2. The van der Waals surface area contributed by atoms with Crippen molar-refractivity contribution in [1.29, 1.82) is 0 Å². The first-order valence-electron chi connectivity index (χ1n) is 5.24. The molecule has 0 spiro atoms. The van der Waals surface area contributed by atoms with Gasteiger partial charge in [-0.25, -0.2) is 4.98 Å². The molecule has 3 rings (SSSR count). The summed E-state index contributed by atoms with van der Waals surface area (Å²) in [6.07, 6.45) is 3.93. The van der Waals surface area contributed by atoms with E-state index >= 15 is 0 Å². The Labute approximate surface area is 103 Å². The summed E-state index contributed by atoms with van der Waals surface area (Å²) in [5, 5.41) is 14.3. The van der Waals surface area contributed by atoms with E-state index < -0.39 is 0 Å². The Morgan fingerprint density at radius 2 is 2.12 bits per heavy atom. The summed E-state index contributed by atoms with van der Waals surface area (Å²) in [5.74, 6) is 0. The van der Waals surface area contributed by atoms with Gasteiger partial charge in [0.15, 0.2) is 0 Å². The Kier molecular flexibility index (Phi) is 2.45. The maximum atomic E-state index is 9.22. The van der Waals surface area contributed by atoms with E-state index in [4.69, 9.17) is 0 Å². The monoisotopic (exact) mass is 245 g/mol. The third-order valence-corrected chi connectivity index (χ3v) is 3.26. The summed E-state index contributed by atoms with van der Waals surface area (Å²) < 4.78 is 0. The van der Waals surface area contributed by atoms with Gasteiger partial charge in [0, 0.05) is 29.0 Å². The van der Waals surface area contributed by atoms with Gasteiger partial charge >= 0.3 is 0 Å². The molecule has 2 heterocycles. The second-order valence-corrected chi connectivity index (χ2v) is 4.55. The molecule has 86 valence electrons. The molecule has 1 aliphatic heterocycles. The van der Waals surface area contributed by atoms with Gasteiger partial charge in [0.1, 0.15) is 0 Å². The lowest BCUT2D eigenvalue weighted by atomic mass is 10.1. The molecule has 0 saturated carbocycles. The highest BCUT2D eigenvalue weighted by Gasteiger charge is 2.07. The highest BCUT2D eigenvalue weighted by atomic mass is 32.1. The van der Waals surface area contributed by atoms with Crippen molar-refractivity contribution in [1.82, 2.24) is 10.3 Å². The fourth-order valence-corrected chi connectivity index (χ4v) is 2.30. The molecule has 1 aliphatic rings. The Bertz CT molecular complexity index is 547. The molecule has 2 N–H and O–H groups in total. The predicted octanol–water partition coefficient (Wildman–Crippen LogP) is 2.35. The number of aromatic hydroxyl groups is 1. The number of aromatic nitrogens is 1. The molecule has 1 aromatic heterocycles. The van der Waals surface area contributed by atoms with Crippen LogP contribution in [0, 0.1) is 0 Å². The molecule has 17 heavy (non-hydrogen) atoms. The van der Waals surface area contributed by atoms with Gasteiger partial charge in [0.2, 0.25) is 0 Å². The molecule has 0 fully saturated rings. The van der Waals surface area contributed by atoms with E-state index in [9.17, 15) is 5.11 Å². The zero-order valence-electron chi connectivity index (χ0n) is 9.00. The maximum Gasteiger partial charge on any atom is 0.271 e. The summed E-state index contributed by atoms with van der Waals surface area (Å²) in [5.41, 5.74) is 2.96. The van der Waals surface area contributed by atoms with Gasteiger partial charge in [-0.1, -0.05) is 23.5 Å². The van der Waals surface area contributed by atoms with Crippen molar-refractivity contribution in [2.24, 2.45) is 0 Å². The summed E-state index contributed by atoms with van der Waals surface area (Å²) in [6, 6.07) is 8.11. The fraction of sp³-hybridized carbons (Fsp3) is 0.0833. The molecule has 5 heteroatoms. The molecule has 4 nitrogen and oxygen atoms in total. The van der Waals surface area contributed by atoms with Crippen LogP contribution in [0.3, 0.4) is 0 Å². The number of thiazole rings is 1. The number of nitrogens with zero attached hydrogens (tertiary/aromatic N) is 2. The van der Waals surface area contributed by atoms with Crippen molar-refractivity contribution in [2.75, 3.05) is 11.6 Å². The van der Waals surface area contributed by atoms with Crippen molar-refractivity contribution >= 4 is 17.0 Å². The predicted molar refractivity (Wildman–Crippen MR) is 68.8 cm³/mol. The molecule has 0 bridgehead atoms. The average molecular weight is 245 g/mol. The molecule has 1 aromatic carbocycles. The van der Waals surface area contributed by atoms with E-state index in [0.29, 0.717) is 0 Å². The third kappa shape index (κ3) is 1.97. The Balaban J connectivity index is 1.87. The van der Waals surface area contributed by atoms with Gasteiger partial charge in [0.05, 0.1) is 12.4 Å². The van der Waals surface area contributed by atoms with E-state index in [1.807, 2.05) is 42.0 Å². The minimum atomic E-state index is 0.107. The van der Waals surface area contributed by atoms with Crippen LogP contribution < -0.4 is 10.2 Å². The molecule has 0 unspecified atom stereocenters. The van der Waals surface area contributed by atoms with Gasteiger partial charge in [0.25, 0.3) is 5.19 Å². The largest absolute Gasteiger partial charge is 0.486 e. The van der Waals surface area contributed by atoms with E-state index in [0.717, 1.165) is 23.6 Å². The second kappa shape index (κ2) is 4.10. The maximum absolute atomic E-state index is 9.22. The Hall–Kier alpha value is -2.01. The fourth-order valence-electron chi connectivity index (χ4n) is 1.74. The van der Waals surface area contributed by atoms with Crippen LogP contribution in [-0.4, -0.2) is 16.8 Å². The molecular weight excluding hydrogens is 234 g/mol. The molecule has 0 saturated heterocycles. The van der Waals surface area contributed by atoms with Gasteiger partial charge in [-0.3, -0.25) is 0 Å². The number of anilines is 1. The van der Waals surface area contributed by atoms with Crippen LogP contribution in [0.25, 0.3) is 11.3 Å². The first-order valence-corrected chi connectivity index (χ1v) is 6.12. The summed E-state index contributed by atoms with van der Waals surface area (Å²) in [7, 11) is 0. The highest BCUT2D eigenvalue weighted by Crippen LogP contribution is 2.27. The minimum Gasteiger partial charge on any atom is -0.486 e. The van der Waals surface area contributed by atoms with Gasteiger partial charge < -0.3 is 15.3 Å².